The molecule has 1 aliphatic carbocycles. The van der Waals surface area contributed by atoms with Crippen molar-refractivity contribution in [3.8, 4) is 0 Å². The number of dihydropyridines is 1. The predicted molar refractivity (Wildman–Crippen MR) is 196 cm³/mol. The highest BCUT2D eigenvalue weighted by molar-refractivity contribution is 6.30. The number of aliphatic hydroxyl groups excluding tert-OH is 1. The molecule has 4 rings (SSSR count). The van der Waals surface area contributed by atoms with E-state index < -0.39 is 6.10 Å². The monoisotopic (exact) mass is 646 g/mol. The quantitative estimate of drug-likeness (QED) is 0.0956. The third-order valence-corrected chi connectivity index (χ3v) is 8.02. The summed E-state index contributed by atoms with van der Waals surface area (Å²) < 4.78 is 0. The van der Waals surface area contributed by atoms with Crippen molar-refractivity contribution in [2.24, 2.45) is 11.7 Å². The van der Waals surface area contributed by atoms with Gasteiger partial charge in [-0.2, -0.15) is 0 Å². The number of hydrogen-bond acceptors (Lipinski definition) is 7. The molecule has 0 spiro atoms. The van der Waals surface area contributed by atoms with Crippen LogP contribution in [0.3, 0.4) is 0 Å². The summed E-state index contributed by atoms with van der Waals surface area (Å²) in [5.41, 5.74) is 10.3. The number of halogens is 1. The Bertz CT molecular complexity index is 1260. The largest absolute Gasteiger partial charge is 0.387 e. The van der Waals surface area contributed by atoms with Gasteiger partial charge >= 0.3 is 0 Å². The van der Waals surface area contributed by atoms with Crippen LogP contribution in [0.15, 0.2) is 114 Å². The van der Waals surface area contributed by atoms with Crippen molar-refractivity contribution in [1.82, 2.24) is 26.2 Å². The average molecular weight is 647 g/mol. The van der Waals surface area contributed by atoms with E-state index in [4.69, 9.17) is 17.3 Å². The van der Waals surface area contributed by atoms with Gasteiger partial charge in [-0.05, 0) is 61.6 Å². The second-order valence-corrected chi connectivity index (χ2v) is 12.2. The molecule has 250 valence electrons. The Morgan fingerprint density at radius 2 is 1.87 bits per heavy atom. The zero-order chi connectivity index (χ0) is 32.7. The van der Waals surface area contributed by atoms with Gasteiger partial charge in [-0.15, -0.1) is 0 Å². The first-order valence-corrected chi connectivity index (χ1v) is 17.0. The number of nitrogens with zero attached hydrogens (tertiary/aromatic N) is 1. The smallest absolute Gasteiger partial charge is 0.0914 e. The first kappa shape index (κ1) is 37.4. The molecule has 0 fully saturated rings. The highest BCUT2D eigenvalue weighted by Crippen LogP contribution is 2.19. The molecule has 2 aromatic rings. The van der Waals surface area contributed by atoms with Gasteiger partial charge in [0, 0.05) is 76.2 Å². The van der Waals surface area contributed by atoms with E-state index in [0.717, 1.165) is 77.3 Å². The molecular formula is C38H55ClN6O. The highest BCUT2D eigenvalue weighted by Gasteiger charge is 2.14. The highest BCUT2D eigenvalue weighted by atomic mass is 35.5. The Hall–Kier alpha value is -3.01. The third-order valence-electron chi connectivity index (χ3n) is 7.79. The molecule has 1 aliphatic heterocycles. The molecule has 0 amide bonds. The summed E-state index contributed by atoms with van der Waals surface area (Å²) in [4.78, 5) is 2.52. The van der Waals surface area contributed by atoms with E-state index in [-0.39, 0.29) is 0 Å². The first-order valence-electron chi connectivity index (χ1n) is 16.6. The van der Waals surface area contributed by atoms with Gasteiger partial charge in [0.1, 0.15) is 0 Å². The van der Waals surface area contributed by atoms with Crippen LogP contribution in [0.4, 0.5) is 0 Å². The Morgan fingerprint density at radius 3 is 2.54 bits per heavy atom. The van der Waals surface area contributed by atoms with Crippen molar-refractivity contribution < 1.29 is 5.11 Å². The molecule has 2 aromatic carbocycles. The number of nitrogens with one attached hydrogen (secondary N) is 4. The molecule has 7 nitrogen and oxygen atoms in total. The second-order valence-electron chi connectivity index (χ2n) is 11.7. The number of hydrogen-bond donors (Lipinski definition) is 6. The zero-order valence-electron chi connectivity index (χ0n) is 27.5. The molecule has 46 heavy (non-hydrogen) atoms. The molecule has 2 aliphatic rings. The fourth-order valence-corrected chi connectivity index (χ4v) is 5.32. The van der Waals surface area contributed by atoms with Crippen LogP contribution >= 0.6 is 11.6 Å². The fourth-order valence-electron chi connectivity index (χ4n) is 5.12. The molecule has 0 radical (unpaired) electrons. The van der Waals surface area contributed by atoms with Crippen molar-refractivity contribution in [2.45, 2.75) is 25.9 Å². The van der Waals surface area contributed by atoms with E-state index in [1.54, 1.807) is 0 Å². The maximum absolute atomic E-state index is 10.4. The normalized spacial score (nSPS) is 16.5. The first-order chi connectivity index (χ1) is 22.5. The standard InChI is InChI=1S/C31H47ClN6O.C7H8/c32-29-8-6-7-28(21-29)31(39)24-36-22-26-10-12-27(13-11-26)25-38(19-17-34-15-4-1-3-14-33)20-18-35-23-30-9-2-5-16-37-30;1-7-5-3-2-4-6-7/h1-3,5-10,12-13,21,26,31,34-37,39H,4,11,14-20,22-25,33H2;2-6H,1H3/b3-1-;. The number of benzene rings is 2. The molecule has 0 saturated heterocycles. The summed E-state index contributed by atoms with van der Waals surface area (Å²) in [5, 5.41) is 25.0. The van der Waals surface area contributed by atoms with Crippen molar-refractivity contribution in [2.75, 3.05) is 72.0 Å². The Balaban J connectivity index is 0.000000724. The molecule has 2 unspecified atom stereocenters. The average Bonchev–Trinajstić information content (AvgIpc) is 3.08. The van der Waals surface area contributed by atoms with Gasteiger partial charge in [0.25, 0.3) is 0 Å². The summed E-state index contributed by atoms with van der Waals surface area (Å²) in [7, 11) is 0. The van der Waals surface area contributed by atoms with Crippen molar-refractivity contribution in [3.63, 3.8) is 0 Å². The summed E-state index contributed by atoms with van der Waals surface area (Å²) >= 11 is 6.05. The Kier molecular flexibility index (Phi) is 19.0. The van der Waals surface area contributed by atoms with Gasteiger partial charge in [-0.3, -0.25) is 4.90 Å². The minimum Gasteiger partial charge on any atom is -0.387 e. The molecular weight excluding hydrogens is 592 g/mol. The molecule has 7 N–H and O–H groups in total. The topological polar surface area (TPSA) is 97.6 Å². The van der Waals surface area contributed by atoms with Crippen molar-refractivity contribution >= 4 is 11.6 Å². The van der Waals surface area contributed by atoms with Crippen molar-refractivity contribution in [3.05, 3.63) is 131 Å². The van der Waals surface area contributed by atoms with E-state index in [0.29, 0.717) is 24.0 Å². The van der Waals surface area contributed by atoms with Crippen LogP contribution in [0, 0.1) is 12.8 Å². The van der Waals surface area contributed by atoms with E-state index in [1.165, 1.54) is 16.8 Å². The number of allylic oxidation sites excluding steroid dienone is 3. The van der Waals surface area contributed by atoms with E-state index in [9.17, 15) is 5.11 Å². The SMILES string of the molecule is Cc1ccccc1.NC/C=C\CCNCCN(CCNCC1=CC=CCN1)CC1=CCC(CNCC(O)c2cccc(Cl)c2)C=C1. The van der Waals surface area contributed by atoms with E-state index in [1.807, 2.05) is 48.5 Å². The summed E-state index contributed by atoms with van der Waals surface area (Å²) in [5.74, 6) is 0.434. The van der Waals surface area contributed by atoms with Crippen LogP contribution in [0.1, 0.15) is 30.1 Å². The van der Waals surface area contributed by atoms with E-state index >= 15 is 0 Å². The lowest BCUT2D eigenvalue weighted by molar-refractivity contribution is 0.173. The second kappa shape index (κ2) is 23.3. The zero-order valence-corrected chi connectivity index (χ0v) is 28.3. The minimum absolute atomic E-state index is 0.434. The molecule has 1 heterocycles. The van der Waals surface area contributed by atoms with Gasteiger partial charge in [0.2, 0.25) is 0 Å². The van der Waals surface area contributed by atoms with Crippen molar-refractivity contribution in [1.29, 1.82) is 0 Å². The molecule has 0 bridgehead atoms. The van der Waals surface area contributed by atoms with Gasteiger partial charge in [-0.1, -0.05) is 102 Å². The van der Waals surface area contributed by atoms with Gasteiger partial charge in [0.05, 0.1) is 6.10 Å². The number of aliphatic hydroxyl groups is 1. The Labute approximate surface area is 282 Å². The maximum atomic E-state index is 10.4. The van der Waals surface area contributed by atoms with Gasteiger partial charge < -0.3 is 32.1 Å². The van der Waals surface area contributed by atoms with Gasteiger partial charge in [-0.25, -0.2) is 0 Å². The molecule has 0 saturated carbocycles. The summed E-state index contributed by atoms with van der Waals surface area (Å²) in [6.07, 6.45) is 18.9. The molecule has 0 aromatic heterocycles. The van der Waals surface area contributed by atoms with Gasteiger partial charge in [0.15, 0.2) is 0 Å². The summed E-state index contributed by atoms with van der Waals surface area (Å²) in [6.45, 7) is 11.6. The number of aryl methyl sites for hydroxylation is 1. The fraction of sp³-hybridized carbons (Fsp3) is 0.421. The lowest BCUT2D eigenvalue weighted by Crippen LogP contribution is -2.39. The van der Waals surface area contributed by atoms with E-state index in [2.05, 4.69) is 87.8 Å². The lowest BCUT2D eigenvalue weighted by Gasteiger charge is -2.25. The number of rotatable bonds is 19. The third kappa shape index (κ3) is 16.5. The predicted octanol–water partition coefficient (Wildman–Crippen LogP) is 4.89. The minimum atomic E-state index is -0.559. The maximum Gasteiger partial charge on any atom is 0.0914 e. The van der Waals surface area contributed by atoms with Crippen LogP contribution in [0.5, 0.6) is 0 Å². The number of nitrogens with two attached hydrogens (primary N) is 1. The van der Waals surface area contributed by atoms with Crippen LogP contribution in [0.2, 0.25) is 5.02 Å². The Morgan fingerprint density at radius 1 is 1.04 bits per heavy atom. The lowest BCUT2D eigenvalue weighted by atomic mass is 9.96. The molecule has 8 heteroatoms. The summed E-state index contributed by atoms with van der Waals surface area (Å²) in [6, 6.07) is 17.7. The van der Waals surface area contributed by atoms with Crippen LogP contribution in [-0.2, 0) is 0 Å². The molecule has 2 atom stereocenters. The van der Waals surface area contributed by atoms with Crippen LogP contribution in [0.25, 0.3) is 0 Å². The van der Waals surface area contributed by atoms with Crippen LogP contribution < -0.4 is 27.0 Å². The van der Waals surface area contributed by atoms with Crippen LogP contribution in [-0.4, -0.2) is 82.0 Å².